The first-order valence-corrected chi connectivity index (χ1v) is 8.68. The Morgan fingerprint density at radius 1 is 1.11 bits per heavy atom. The summed E-state index contributed by atoms with van der Waals surface area (Å²) in [5, 5.41) is 6.45. The number of carbonyl (C=O) groups excluding carboxylic acids is 3. The number of carbonyl (C=O) groups is 3. The second-order valence-corrected chi connectivity index (χ2v) is 6.72. The first kappa shape index (κ1) is 15.7. The molecule has 27 heavy (non-hydrogen) atoms. The molecule has 8 nitrogen and oxygen atoms in total. The maximum Gasteiger partial charge on any atom is 0.255 e. The highest BCUT2D eigenvalue weighted by Gasteiger charge is 2.39. The van der Waals surface area contributed by atoms with Gasteiger partial charge in [0, 0.05) is 36.4 Å². The van der Waals surface area contributed by atoms with E-state index in [0.29, 0.717) is 18.5 Å². The van der Waals surface area contributed by atoms with Crippen LogP contribution in [-0.4, -0.2) is 43.3 Å². The number of piperidine rings is 1. The van der Waals surface area contributed by atoms with E-state index in [9.17, 15) is 14.4 Å². The SMILES string of the molecule is O=C1CC[C@H](N2Cc3cc(-c4ccn5nccc5n4)ccc3C2=O)C(=O)N1. The average molecular weight is 361 g/mol. The van der Waals surface area contributed by atoms with Gasteiger partial charge in [0.05, 0.1) is 11.9 Å². The van der Waals surface area contributed by atoms with Crippen LogP contribution in [0, 0.1) is 0 Å². The van der Waals surface area contributed by atoms with Crippen LogP contribution in [0.25, 0.3) is 16.9 Å². The highest BCUT2D eigenvalue weighted by molar-refractivity contribution is 6.05. The lowest BCUT2D eigenvalue weighted by Gasteiger charge is -2.29. The fraction of sp³-hybridized carbons (Fsp3) is 0.211. The summed E-state index contributed by atoms with van der Waals surface area (Å²) >= 11 is 0. The zero-order valence-corrected chi connectivity index (χ0v) is 14.3. The lowest BCUT2D eigenvalue weighted by atomic mass is 10.0. The number of imide groups is 1. The number of aromatic nitrogens is 3. The van der Waals surface area contributed by atoms with E-state index in [2.05, 4.69) is 15.4 Å². The van der Waals surface area contributed by atoms with Crippen molar-refractivity contribution in [3.63, 3.8) is 0 Å². The van der Waals surface area contributed by atoms with Crippen LogP contribution in [0.3, 0.4) is 0 Å². The third-order valence-corrected chi connectivity index (χ3v) is 5.08. The number of benzene rings is 1. The van der Waals surface area contributed by atoms with Gasteiger partial charge in [-0.25, -0.2) is 9.50 Å². The minimum absolute atomic E-state index is 0.176. The van der Waals surface area contributed by atoms with E-state index in [1.807, 2.05) is 30.5 Å². The second-order valence-electron chi connectivity index (χ2n) is 6.72. The summed E-state index contributed by atoms with van der Waals surface area (Å²) in [5.74, 6) is -0.866. The van der Waals surface area contributed by atoms with Gasteiger partial charge in [-0.2, -0.15) is 5.10 Å². The molecule has 1 N–H and O–H groups in total. The quantitative estimate of drug-likeness (QED) is 0.691. The van der Waals surface area contributed by atoms with E-state index in [4.69, 9.17) is 0 Å². The van der Waals surface area contributed by atoms with Crippen molar-refractivity contribution in [2.24, 2.45) is 0 Å². The van der Waals surface area contributed by atoms with Crippen LogP contribution < -0.4 is 5.32 Å². The van der Waals surface area contributed by atoms with Crippen LogP contribution in [0.2, 0.25) is 0 Å². The minimum Gasteiger partial charge on any atom is -0.322 e. The Kier molecular flexibility index (Phi) is 3.33. The molecule has 0 aliphatic carbocycles. The van der Waals surface area contributed by atoms with Gasteiger partial charge in [-0.1, -0.05) is 6.07 Å². The van der Waals surface area contributed by atoms with E-state index in [-0.39, 0.29) is 18.2 Å². The highest BCUT2D eigenvalue weighted by Crippen LogP contribution is 2.30. The topological polar surface area (TPSA) is 96.7 Å². The van der Waals surface area contributed by atoms with E-state index < -0.39 is 11.9 Å². The smallest absolute Gasteiger partial charge is 0.255 e. The zero-order chi connectivity index (χ0) is 18.5. The molecule has 2 aromatic heterocycles. The normalized spacial score (nSPS) is 19.5. The molecule has 4 heterocycles. The van der Waals surface area contributed by atoms with Gasteiger partial charge in [-0.05, 0) is 30.2 Å². The first-order chi connectivity index (χ1) is 13.1. The van der Waals surface area contributed by atoms with Crippen LogP contribution in [0.15, 0.2) is 42.7 Å². The van der Waals surface area contributed by atoms with Gasteiger partial charge in [-0.15, -0.1) is 0 Å². The average Bonchev–Trinajstić information content (AvgIpc) is 3.25. The van der Waals surface area contributed by atoms with Gasteiger partial charge in [-0.3, -0.25) is 19.7 Å². The number of rotatable bonds is 2. The van der Waals surface area contributed by atoms with Gasteiger partial charge >= 0.3 is 0 Å². The molecule has 2 aliphatic rings. The Morgan fingerprint density at radius 3 is 2.85 bits per heavy atom. The van der Waals surface area contributed by atoms with Gasteiger partial charge in [0.15, 0.2) is 5.65 Å². The first-order valence-electron chi connectivity index (χ1n) is 8.68. The molecule has 1 atom stereocenters. The molecule has 0 radical (unpaired) electrons. The van der Waals surface area contributed by atoms with Crippen molar-refractivity contribution in [1.82, 2.24) is 24.8 Å². The van der Waals surface area contributed by atoms with Crippen molar-refractivity contribution in [2.45, 2.75) is 25.4 Å². The summed E-state index contributed by atoms with van der Waals surface area (Å²) in [7, 11) is 0. The molecule has 0 unspecified atom stereocenters. The minimum atomic E-state index is -0.604. The summed E-state index contributed by atoms with van der Waals surface area (Å²) in [6, 6.07) is 8.67. The molecule has 1 saturated heterocycles. The predicted octanol–water partition coefficient (Wildman–Crippen LogP) is 1.16. The summed E-state index contributed by atoms with van der Waals surface area (Å²) in [5.41, 5.74) is 3.88. The van der Waals surface area contributed by atoms with Crippen molar-refractivity contribution >= 4 is 23.4 Å². The summed E-state index contributed by atoms with van der Waals surface area (Å²) < 4.78 is 1.69. The van der Waals surface area contributed by atoms with Crippen LogP contribution >= 0.6 is 0 Å². The molecular formula is C19H15N5O3. The van der Waals surface area contributed by atoms with Crippen LogP contribution in [0.5, 0.6) is 0 Å². The van der Waals surface area contributed by atoms with Crippen molar-refractivity contribution in [3.8, 4) is 11.3 Å². The fourth-order valence-electron chi connectivity index (χ4n) is 3.71. The van der Waals surface area contributed by atoms with Gasteiger partial charge in [0.2, 0.25) is 11.8 Å². The van der Waals surface area contributed by atoms with Crippen molar-refractivity contribution < 1.29 is 14.4 Å². The third kappa shape index (κ3) is 2.49. The largest absolute Gasteiger partial charge is 0.322 e. The number of nitrogens with zero attached hydrogens (tertiary/aromatic N) is 4. The second kappa shape index (κ2) is 5.73. The van der Waals surface area contributed by atoms with E-state index in [1.54, 1.807) is 21.7 Å². The standard InChI is InChI=1S/C19H15N5O3/c25-17-4-3-15(18(26)22-17)23-10-12-9-11(1-2-13(12)19(23)27)14-6-8-24-16(21-14)5-7-20-24/h1-2,5-9,15H,3-4,10H2,(H,22,25,26)/t15-/m0/s1. The molecule has 134 valence electrons. The lowest BCUT2D eigenvalue weighted by Crippen LogP contribution is -2.52. The number of fused-ring (bicyclic) bond motifs is 2. The molecule has 1 fully saturated rings. The van der Waals surface area contributed by atoms with E-state index in [0.717, 1.165) is 22.5 Å². The van der Waals surface area contributed by atoms with Crippen LogP contribution in [-0.2, 0) is 16.1 Å². The van der Waals surface area contributed by atoms with Gasteiger partial charge in [0.25, 0.3) is 5.91 Å². The monoisotopic (exact) mass is 361 g/mol. The fourth-order valence-corrected chi connectivity index (χ4v) is 3.71. The van der Waals surface area contributed by atoms with Crippen LogP contribution in [0.1, 0.15) is 28.8 Å². The molecule has 5 rings (SSSR count). The summed E-state index contributed by atoms with van der Waals surface area (Å²) in [4.78, 5) is 42.4. The Hall–Kier alpha value is -3.55. The molecular weight excluding hydrogens is 346 g/mol. The molecule has 2 aliphatic heterocycles. The Balaban J connectivity index is 1.46. The molecule has 0 bridgehead atoms. The van der Waals surface area contributed by atoms with E-state index in [1.165, 1.54) is 0 Å². The van der Waals surface area contributed by atoms with Crippen molar-refractivity contribution in [2.75, 3.05) is 0 Å². The molecule has 3 aromatic rings. The molecule has 8 heteroatoms. The molecule has 3 amide bonds. The molecule has 1 aromatic carbocycles. The van der Waals surface area contributed by atoms with Crippen LogP contribution in [0.4, 0.5) is 0 Å². The predicted molar refractivity (Wildman–Crippen MR) is 94.5 cm³/mol. The van der Waals surface area contributed by atoms with E-state index >= 15 is 0 Å². The maximum absolute atomic E-state index is 12.7. The van der Waals surface area contributed by atoms with Crippen molar-refractivity contribution in [3.05, 3.63) is 53.9 Å². The van der Waals surface area contributed by atoms with Gasteiger partial charge in [0.1, 0.15) is 6.04 Å². The Labute approximate surface area is 153 Å². The number of nitrogens with one attached hydrogen (secondary N) is 1. The maximum atomic E-state index is 12.7. The van der Waals surface area contributed by atoms with Crippen molar-refractivity contribution in [1.29, 1.82) is 0 Å². The number of hydrogen-bond donors (Lipinski definition) is 1. The van der Waals surface area contributed by atoms with Gasteiger partial charge < -0.3 is 4.90 Å². The Morgan fingerprint density at radius 2 is 2.00 bits per heavy atom. The number of amides is 3. The molecule has 0 spiro atoms. The summed E-state index contributed by atoms with van der Waals surface area (Å²) in [6.07, 6.45) is 4.13. The summed E-state index contributed by atoms with van der Waals surface area (Å²) in [6.45, 7) is 0.350. The Bertz CT molecular complexity index is 1120. The third-order valence-electron chi connectivity index (χ3n) is 5.08. The molecule has 0 saturated carbocycles. The lowest BCUT2D eigenvalue weighted by molar-refractivity contribution is -0.136. The number of hydrogen-bond acceptors (Lipinski definition) is 5. The highest BCUT2D eigenvalue weighted by atomic mass is 16.2. The zero-order valence-electron chi connectivity index (χ0n) is 14.3.